The highest BCUT2D eigenvalue weighted by Gasteiger charge is 2.26. The highest BCUT2D eigenvalue weighted by atomic mass is 32.2. The largest absolute Gasteiger partial charge is 0.488 e. The van der Waals surface area contributed by atoms with Gasteiger partial charge in [0.05, 0.1) is 17.4 Å². The molecule has 1 amide bonds. The Morgan fingerprint density at radius 1 is 1.26 bits per heavy atom. The van der Waals surface area contributed by atoms with Crippen molar-refractivity contribution in [3.8, 4) is 5.75 Å². The predicted molar refractivity (Wildman–Crippen MR) is 85.4 cm³/mol. The fourth-order valence-corrected chi connectivity index (χ4v) is 3.93. The fraction of sp³-hybridized carbons (Fsp3) is 0.438. The van der Waals surface area contributed by atoms with Crippen LogP contribution in [0, 0.1) is 0 Å². The highest BCUT2D eigenvalue weighted by molar-refractivity contribution is 7.90. The van der Waals surface area contributed by atoms with Crippen LogP contribution in [0.25, 0.3) is 6.08 Å². The average molecular weight is 337 g/mol. The summed E-state index contributed by atoms with van der Waals surface area (Å²) < 4.78 is 37.2. The van der Waals surface area contributed by atoms with E-state index in [1.807, 2.05) is 18.2 Å². The number of amides is 1. The van der Waals surface area contributed by atoms with Gasteiger partial charge < -0.3 is 9.47 Å². The molecule has 3 rings (SSSR count). The summed E-state index contributed by atoms with van der Waals surface area (Å²) in [6, 6.07) is 7.28. The van der Waals surface area contributed by atoms with Crippen molar-refractivity contribution in [2.75, 3.05) is 19.0 Å². The van der Waals surface area contributed by atoms with E-state index < -0.39 is 15.9 Å². The van der Waals surface area contributed by atoms with Gasteiger partial charge in [-0.05, 0) is 31.4 Å². The van der Waals surface area contributed by atoms with Crippen molar-refractivity contribution in [1.29, 1.82) is 0 Å². The smallest absolute Gasteiger partial charge is 0.264 e. The van der Waals surface area contributed by atoms with E-state index in [-0.39, 0.29) is 24.0 Å². The Balaban J connectivity index is 1.66. The van der Waals surface area contributed by atoms with E-state index in [4.69, 9.17) is 9.47 Å². The van der Waals surface area contributed by atoms with Gasteiger partial charge in [0.15, 0.2) is 0 Å². The molecule has 1 N–H and O–H groups in total. The van der Waals surface area contributed by atoms with Gasteiger partial charge in [0.25, 0.3) is 5.91 Å². The van der Waals surface area contributed by atoms with Crippen LogP contribution in [-0.4, -0.2) is 39.4 Å². The van der Waals surface area contributed by atoms with Gasteiger partial charge in [0.2, 0.25) is 10.0 Å². The zero-order valence-corrected chi connectivity index (χ0v) is 13.5. The number of carbonyl (C=O) groups excluding carboxylic acids is 1. The molecule has 1 aromatic rings. The quantitative estimate of drug-likeness (QED) is 0.900. The van der Waals surface area contributed by atoms with Crippen LogP contribution < -0.4 is 9.46 Å². The van der Waals surface area contributed by atoms with E-state index in [1.54, 1.807) is 12.1 Å². The average Bonchev–Trinajstić information content (AvgIpc) is 2.54. The lowest BCUT2D eigenvalue weighted by molar-refractivity contribution is -0.116. The van der Waals surface area contributed by atoms with Crippen molar-refractivity contribution < 1.29 is 22.7 Å². The molecular weight excluding hydrogens is 318 g/mol. The molecule has 1 aromatic carbocycles. The van der Waals surface area contributed by atoms with Crippen molar-refractivity contribution in [1.82, 2.24) is 4.72 Å². The zero-order chi connectivity index (χ0) is 16.3. The Labute approximate surface area is 135 Å². The molecule has 7 heteroatoms. The van der Waals surface area contributed by atoms with E-state index >= 15 is 0 Å². The molecule has 0 unspecified atom stereocenters. The number of carbonyl (C=O) groups is 1. The normalized spacial score (nSPS) is 20.9. The third-order valence-corrected chi connectivity index (χ3v) is 5.16. The highest BCUT2D eigenvalue weighted by Crippen LogP contribution is 2.25. The molecule has 1 atom stereocenters. The Morgan fingerprint density at radius 3 is 2.87 bits per heavy atom. The Bertz CT molecular complexity index is 720. The second-order valence-electron chi connectivity index (χ2n) is 5.70. The molecule has 0 saturated carbocycles. The summed E-state index contributed by atoms with van der Waals surface area (Å²) in [6.45, 7) is 0.627. The summed E-state index contributed by atoms with van der Waals surface area (Å²) in [7, 11) is -3.73. The summed E-state index contributed by atoms with van der Waals surface area (Å²) in [5.74, 6) is -0.151. The molecule has 0 aliphatic carbocycles. The van der Waals surface area contributed by atoms with Gasteiger partial charge in [-0.25, -0.2) is 13.1 Å². The van der Waals surface area contributed by atoms with E-state index in [0.29, 0.717) is 18.8 Å². The maximum Gasteiger partial charge on any atom is 0.264 e. The monoisotopic (exact) mass is 337 g/mol. The number of nitrogens with one attached hydrogen (secondary N) is 1. The minimum atomic E-state index is -3.73. The summed E-state index contributed by atoms with van der Waals surface area (Å²) >= 11 is 0. The zero-order valence-electron chi connectivity index (χ0n) is 12.7. The number of ether oxygens (including phenoxy) is 2. The van der Waals surface area contributed by atoms with Gasteiger partial charge in [-0.2, -0.15) is 0 Å². The molecule has 1 fully saturated rings. The predicted octanol–water partition coefficient (Wildman–Crippen LogP) is 1.48. The lowest BCUT2D eigenvalue weighted by Gasteiger charge is -2.22. The van der Waals surface area contributed by atoms with E-state index in [0.717, 1.165) is 18.4 Å². The molecule has 0 radical (unpaired) electrons. The van der Waals surface area contributed by atoms with Crippen LogP contribution in [-0.2, 0) is 19.6 Å². The maximum absolute atomic E-state index is 12.2. The Kier molecular flexibility index (Phi) is 4.68. The van der Waals surface area contributed by atoms with E-state index in [2.05, 4.69) is 4.72 Å². The van der Waals surface area contributed by atoms with Gasteiger partial charge in [0.1, 0.15) is 12.4 Å². The number of sulfonamides is 1. The van der Waals surface area contributed by atoms with Crippen LogP contribution in [0.2, 0.25) is 0 Å². The van der Waals surface area contributed by atoms with Gasteiger partial charge >= 0.3 is 0 Å². The van der Waals surface area contributed by atoms with Crippen LogP contribution in [0.4, 0.5) is 0 Å². The molecule has 0 spiro atoms. The SMILES string of the molecule is O=C(NS(=O)(=O)C[C@@H]1CCCCO1)C1=Cc2ccccc2OC1. The van der Waals surface area contributed by atoms with E-state index in [1.165, 1.54) is 0 Å². The standard InChI is InChI=1S/C16H19NO5S/c18-16(13-9-12-5-1-2-7-15(12)22-10-13)17-23(19,20)11-14-6-3-4-8-21-14/h1-2,5,7,9,14H,3-4,6,8,10-11H2,(H,17,18)/t14-/m0/s1. The Hall–Kier alpha value is -1.86. The lowest BCUT2D eigenvalue weighted by atomic mass is 10.1. The molecule has 1 saturated heterocycles. The molecule has 2 aliphatic heterocycles. The first-order chi connectivity index (χ1) is 11.0. The summed E-state index contributed by atoms with van der Waals surface area (Å²) in [5.41, 5.74) is 1.05. The molecule has 23 heavy (non-hydrogen) atoms. The molecule has 2 aliphatic rings. The first kappa shape index (κ1) is 16.0. The van der Waals surface area contributed by atoms with Crippen LogP contribution in [0.1, 0.15) is 24.8 Å². The van der Waals surface area contributed by atoms with Gasteiger partial charge in [0, 0.05) is 12.2 Å². The molecule has 124 valence electrons. The number of para-hydroxylation sites is 1. The topological polar surface area (TPSA) is 81.7 Å². The third-order valence-electron chi connectivity index (χ3n) is 3.85. The minimum absolute atomic E-state index is 0.0539. The van der Waals surface area contributed by atoms with Crippen molar-refractivity contribution in [3.63, 3.8) is 0 Å². The first-order valence-corrected chi connectivity index (χ1v) is 9.27. The van der Waals surface area contributed by atoms with Crippen LogP contribution in [0.15, 0.2) is 29.8 Å². The molecule has 2 heterocycles. The third kappa shape index (κ3) is 4.11. The Morgan fingerprint density at radius 2 is 2.09 bits per heavy atom. The van der Waals surface area contributed by atoms with Crippen LogP contribution >= 0.6 is 0 Å². The molecule has 6 nitrogen and oxygen atoms in total. The van der Waals surface area contributed by atoms with Crippen molar-refractivity contribution in [3.05, 3.63) is 35.4 Å². The first-order valence-electron chi connectivity index (χ1n) is 7.62. The second-order valence-corrected chi connectivity index (χ2v) is 7.46. The lowest BCUT2D eigenvalue weighted by Crippen LogP contribution is -2.39. The summed E-state index contributed by atoms with van der Waals surface area (Å²) in [4.78, 5) is 12.2. The molecule has 0 bridgehead atoms. The summed E-state index contributed by atoms with van der Waals surface area (Å²) in [6.07, 6.45) is 3.91. The van der Waals surface area contributed by atoms with Gasteiger partial charge in [-0.1, -0.05) is 18.2 Å². The number of hydrogen-bond acceptors (Lipinski definition) is 5. The van der Waals surface area contributed by atoms with Crippen molar-refractivity contribution in [2.24, 2.45) is 0 Å². The number of rotatable bonds is 4. The molecular formula is C16H19NO5S. The number of hydrogen-bond donors (Lipinski definition) is 1. The molecule has 0 aromatic heterocycles. The number of fused-ring (bicyclic) bond motifs is 1. The van der Waals surface area contributed by atoms with E-state index in [9.17, 15) is 13.2 Å². The van der Waals surface area contributed by atoms with Crippen molar-refractivity contribution in [2.45, 2.75) is 25.4 Å². The maximum atomic E-state index is 12.2. The van der Waals surface area contributed by atoms with Crippen molar-refractivity contribution >= 4 is 22.0 Å². The second kappa shape index (κ2) is 6.72. The minimum Gasteiger partial charge on any atom is -0.488 e. The fourth-order valence-electron chi connectivity index (χ4n) is 2.68. The number of benzene rings is 1. The van der Waals surface area contributed by atoms with Crippen LogP contribution in [0.3, 0.4) is 0 Å². The van der Waals surface area contributed by atoms with Gasteiger partial charge in [-0.3, -0.25) is 4.79 Å². The van der Waals surface area contributed by atoms with Crippen LogP contribution in [0.5, 0.6) is 5.75 Å². The summed E-state index contributed by atoms with van der Waals surface area (Å²) in [5, 5.41) is 0. The van der Waals surface area contributed by atoms with Gasteiger partial charge in [-0.15, -0.1) is 0 Å².